The molecule has 2 amide bonds. The van der Waals surface area contributed by atoms with Gasteiger partial charge in [-0.15, -0.1) is 0 Å². The lowest BCUT2D eigenvalue weighted by atomic mass is 9.87. The summed E-state index contributed by atoms with van der Waals surface area (Å²) in [7, 11) is 0. The number of amides is 2. The molecular weight excluding hydrogens is 390 g/mol. The molecule has 0 bridgehead atoms. The van der Waals surface area contributed by atoms with Crippen LogP contribution in [-0.4, -0.2) is 74.2 Å². The fraction of sp³-hybridized carbons (Fsp3) is 0.625. The van der Waals surface area contributed by atoms with Crippen molar-refractivity contribution < 1.29 is 9.59 Å². The minimum Gasteiger partial charge on any atom is -0.341 e. The highest BCUT2D eigenvalue weighted by atomic mass is 16.2. The number of hydrogen-bond acceptors (Lipinski definition) is 4. The van der Waals surface area contributed by atoms with Crippen LogP contribution in [0.1, 0.15) is 56.3 Å². The van der Waals surface area contributed by atoms with Crippen LogP contribution in [0, 0.1) is 6.92 Å². The van der Waals surface area contributed by atoms with Crippen LogP contribution in [0.3, 0.4) is 0 Å². The van der Waals surface area contributed by atoms with Crippen LogP contribution in [0.4, 0.5) is 0 Å². The predicted octanol–water partition coefficient (Wildman–Crippen LogP) is 2.61. The first-order valence-corrected chi connectivity index (χ1v) is 11.8. The molecule has 0 N–H and O–H groups in total. The standard InChI is InChI=1S/C24H33N5O2/c1-19-20(25-21-7-2-3-15-28(19)21)17-26-12-6-9-24(11-16-26)10-8-22(30)29(24)18-23(31)27-13-4-5-14-27/h2-3,7,15H,4-6,8-14,16-18H2,1H3/t24-/m1/s1. The molecule has 0 radical (unpaired) electrons. The molecule has 7 heteroatoms. The van der Waals surface area contributed by atoms with Crippen molar-refractivity contribution >= 4 is 17.5 Å². The third kappa shape index (κ3) is 3.84. The Hall–Kier alpha value is -2.41. The van der Waals surface area contributed by atoms with E-state index in [2.05, 4.69) is 22.4 Å². The number of rotatable bonds is 4. The summed E-state index contributed by atoms with van der Waals surface area (Å²) in [6.45, 7) is 6.89. The van der Waals surface area contributed by atoms with Gasteiger partial charge >= 0.3 is 0 Å². The largest absolute Gasteiger partial charge is 0.341 e. The molecule has 5 heterocycles. The molecule has 2 aromatic rings. The SMILES string of the molecule is Cc1c(CN2CCC[C@@]3(CCC(=O)N3CC(=O)N3CCCC3)CC2)nc2ccccn12. The third-order valence-electron chi connectivity index (χ3n) is 7.68. The van der Waals surface area contributed by atoms with E-state index in [1.165, 1.54) is 5.69 Å². The zero-order valence-corrected chi connectivity index (χ0v) is 18.6. The predicted molar refractivity (Wildman–Crippen MR) is 119 cm³/mol. The van der Waals surface area contributed by atoms with E-state index in [0.717, 1.165) is 82.6 Å². The number of likely N-dealkylation sites (tertiary alicyclic amines) is 3. The first-order chi connectivity index (χ1) is 15.1. The zero-order chi connectivity index (χ0) is 21.4. The van der Waals surface area contributed by atoms with Crippen molar-refractivity contribution in [3.05, 3.63) is 35.8 Å². The molecule has 0 aromatic carbocycles. The lowest BCUT2D eigenvalue weighted by molar-refractivity contribution is -0.141. The maximum absolute atomic E-state index is 12.8. The van der Waals surface area contributed by atoms with Crippen LogP contribution in [0.2, 0.25) is 0 Å². The molecule has 5 rings (SSSR count). The molecule has 0 aliphatic carbocycles. The normalized spacial score (nSPS) is 25.1. The number of aryl methyl sites for hydroxylation is 1. The Morgan fingerprint density at radius 3 is 2.71 bits per heavy atom. The van der Waals surface area contributed by atoms with Gasteiger partial charge in [-0.1, -0.05) is 6.07 Å². The first kappa shape index (κ1) is 20.5. The quantitative estimate of drug-likeness (QED) is 0.759. The zero-order valence-electron chi connectivity index (χ0n) is 18.6. The number of carbonyl (C=O) groups excluding carboxylic acids is 2. The third-order valence-corrected chi connectivity index (χ3v) is 7.68. The van der Waals surface area contributed by atoms with E-state index in [0.29, 0.717) is 6.42 Å². The van der Waals surface area contributed by atoms with Crippen molar-refractivity contribution in [2.75, 3.05) is 32.7 Å². The number of pyridine rings is 1. The van der Waals surface area contributed by atoms with Gasteiger partial charge in [-0.25, -0.2) is 4.98 Å². The minimum atomic E-state index is -0.144. The summed E-state index contributed by atoms with van der Waals surface area (Å²) in [5.74, 6) is 0.297. The fourth-order valence-corrected chi connectivity index (χ4v) is 5.77. The van der Waals surface area contributed by atoms with Crippen LogP contribution in [0.5, 0.6) is 0 Å². The van der Waals surface area contributed by atoms with Gasteiger partial charge in [0.1, 0.15) is 12.2 Å². The van der Waals surface area contributed by atoms with Crippen molar-refractivity contribution in [3.8, 4) is 0 Å². The van der Waals surface area contributed by atoms with Crippen molar-refractivity contribution in [1.82, 2.24) is 24.1 Å². The van der Waals surface area contributed by atoms with E-state index < -0.39 is 0 Å². The second-order valence-corrected chi connectivity index (χ2v) is 9.49. The number of hydrogen-bond donors (Lipinski definition) is 0. The summed E-state index contributed by atoms with van der Waals surface area (Å²) in [6, 6.07) is 6.11. The molecule has 3 aliphatic rings. The molecule has 0 unspecified atom stereocenters. The monoisotopic (exact) mass is 423 g/mol. The van der Waals surface area contributed by atoms with Gasteiger partial charge in [0.05, 0.1) is 5.69 Å². The maximum atomic E-state index is 12.8. The lowest BCUT2D eigenvalue weighted by Gasteiger charge is -2.38. The molecule has 3 fully saturated rings. The van der Waals surface area contributed by atoms with Crippen LogP contribution >= 0.6 is 0 Å². The summed E-state index contributed by atoms with van der Waals surface area (Å²) in [4.78, 5) is 36.8. The molecule has 3 saturated heterocycles. The second kappa shape index (κ2) is 8.26. The molecule has 7 nitrogen and oxygen atoms in total. The summed E-state index contributed by atoms with van der Waals surface area (Å²) >= 11 is 0. The summed E-state index contributed by atoms with van der Waals surface area (Å²) in [6.07, 6.45) is 8.70. The summed E-state index contributed by atoms with van der Waals surface area (Å²) < 4.78 is 2.15. The lowest BCUT2D eigenvalue weighted by Crippen LogP contribution is -2.51. The van der Waals surface area contributed by atoms with Gasteiger partial charge in [0.15, 0.2) is 0 Å². The molecule has 166 valence electrons. The topological polar surface area (TPSA) is 61.2 Å². The van der Waals surface area contributed by atoms with Crippen molar-refractivity contribution in [1.29, 1.82) is 0 Å². The minimum absolute atomic E-state index is 0.133. The molecule has 1 atom stereocenters. The summed E-state index contributed by atoms with van der Waals surface area (Å²) in [5.41, 5.74) is 3.18. The average Bonchev–Trinajstić information content (AvgIpc) is 3.44. The van der Waals surface area contributed by atoms with Gasteiger partial charge in [-0.3, -0.25) is 14.5 Å². The Bertz CT molecular complexity index is 980. The van der Waals surface area contributed by atoms with Gasteiger partial charge in [0.2, 0.25) is 11.8 Å². The first-order valence-electron chi connectivity index (χ1n) is 11.8. The number of carbonyl (C=O) groups is 2. The Morgan fingerprint density at radius 1 is 1.06 bits per heavy atom. The highest BCUT2D eigenvalue weighted by molar-refractivity contribution is 5.87. The fourth-order valence-electron chi connectivity index (χ4n) is 5.77. The highest BCUT2D eigenvalue weighted by Gasteiger charge is 2.46. The molecule has 1 spiro atoms. The molecule has 0 saturated carbocycles. The van der Waals surface area contributed by atoms with E-state index in [1.807, 2.05) is 28.0 Å². The molecule has 3 aliphatic heterocycles. The number of nitrogens with zero attached hydrogens (tertiary/aromatic N) is 5. The van der Waals surface area contributed by atoms with Gasteiger partial charge < -0.3 is 14.2 Å². The molecular formula is C24H33N5O2. The van der Waals surface area contributed by atoms with Crippen molar-refractivity contribution in [3.63, 3.8) is 0 Å². The smallest absolute Gasteiger partial charge is 0.242 e. The average molecular weight is 424 g/mol. The van der Waals surface area contributed by atoms with Crippen molar-refractivity contribution in [2.24, 2.45) is 0 Å². The number of imidazole rings is 1. The Balaban J connectivity index is 1.28. The van der Waals surface area contributed by atoms with Crippen molar-refractivity contribution in [2.45, 2.75) is 64.0 Å². The highest BCUT2D eigenvalue weighted by Crippen LogP contribution is 2.39. The second-order valence-electron chi connectivity index (χ2n) is 9.49. The number of fused-ring (bicyclic) bond motifs is 1. The van der Waals surface area contributed by atoms with Gasteiger partial charge in [0.25, 0.3) is 0 Å². The Labute approximate surface area is 184 Å². The molecule has 31 heavy (non-hydrogen) atoms. The van der Waals surface area contributed by atoms with Gasteiger partial charge in [-0.05, 0) is 64.1 Å². The maximum Gasteiger partial charge on any atom is 0.242 e. The summed E-state index contributed by atoms with van der Waals surface area (Å²) in [5, 5.41) is 0. The van der Waals surface area contributed by atoms with Crippen LogP contribution in [-0.2, 0) is 16.1 Å². The van der Waals surface area contributed by atoms with Crippen LogP contribution in [0.15, 0.2) is 24.4 Å². The Morgan fingerprint density at radius 2 is 1.90 bits per heavy atom. The van der Waals surface area contributed by atoms with Gasteiger partial charge in [-0.2, -0.15) is 0 Å². The van der Waals surface area contributed by atoms with E-state index >= 15 is 0 Å². The van der Waals surface area contributed by atoms with E-state index in [4.69, 9.17) is 4.98 Å². The van der Waals surface area contributed by atoms with Gasteiger partial charge in [0, 0.05) is 50.0 Å². The van der Waals surface area contributed by atoms with Crippen LogP contribution < -0.4 is 0 Å². The molecule has 2 aromatic heterocycles. The van der Waals surface area contributed by atoms with E-state index in [1.54, 1.807) is 0 Å². The number of aromatic nitrogens is 2. The van der Waals surface area contributed by atoms with E-state index in [9.17, 15) is 9.59 Å². The van der Waals surface area contributed by atoms with Crippen LogP contribution in [0.25, 0.3) is 5.65 Å². The van der Waals surface area contributed by atoms with E-state index in [-0.39, 0.29) is 23.9 Å². The Kier molecular flexibility index (Phi) is 5.46.